The van der Waals surface area contributed by atoms with Crippen molar-refractivity contribution in [2.24, 2.45) is 0 Å². The Hall–Kier alpha value is -1.85. The molecule has 0 saturated heterocycles. The number of H-pyrrole nitrogens is 1. The van der Waals surface area contributed by atoms with E-state index in [2.05, 4.69) is 10.2 Å². The maximum absolute atomic E-state index is 10.7. The molecular weight excluding hydrogens is 256 g/mol. The van der Waals surface area contributed by atoms with Gasteiger partial charge in [0, 0.05) is 17.7 Å². The van der Waals surface area contributed by atoms with E-state index in [1.807, 2.05) is 6.07 Å². The molecule has 0 aliphatic heterocycles. The van der Waals surface area contributed by atoms with Crippen molar-refractivity contribution in [3.05, 3.63) is 40.5 Å². The molecule has 2 aromatic rings. The first-order valence-electron chi connectivity index (χ1n) is 5.18. The quantitative estimate of drug-likeness (QED) is 0.892. The van der Waals surface area contributed by atoms with Crippen LogP contribution in [0.15, 0.2) is 24.3 Å². The monoisotopic (exact) mass is 266 g/mol. The molecule has 1 aromatic carbocycles. The van der Waals surface area contributed by atoms with Gasteiger partial charge in [0.1, 0.15) is 0 Å². The van der Waals surface area contributed by atoms with Crippen LogP contribution in [0, 0.1) is 0 Å². The van der Waals surface area contributed by atoms with Gasteiger partial charge >= 0.3 is 5.97 Å². The highest BCUT2D eigenvalue weighted by Gasteiger charge is 2.10. The van der Waals surface area contributed by atoms with Crippen molar-refractivity contribution in [2.75, 3.05) is 7.11 Å². The third-order valence-electron chi connectivity index (χ3n) is 2.45. The van der Waals surface area contributed by atoms with Crippen molar-refractivity contribution in [3.8, 4) is 11.3 Å². The number of benzene rings is 1. The van der Waals surface area contributed by atoms with E-state index in [4.69, 9.17) is 21.4 Å². The van der Waals surface area contributed by atoms with Crippen LogP contribution in [0.25, 0.3) is 11.3 Å². The molecule has 1 aromatic heterocycles. The summed E-state index contributed by atoms with van der Waals surface area (Å²) in [6.07, 6.45) is 0. The van der Waals surface area contributed by atoms with Crippen molar-refractivity contribution in [1.82, 2.24) is 10.2 Å². The Kier molecular flexibility index (Phi) is 3.64. The maximum atomic E-state index is 10.7. The molecule has 0 fully saturated rings. The third-order valence-corrected chi connectivity index (χ3v) is 2.82. The van der Waals surface area contributed by atoms with Gasteiger partial charge in [-0.1, -0.05) is 17.7 Å². The number of nitrogens with zero attached hydrogens (tertiary/aromatic N) is 1. The molecule has 0 aliphatic carbocycles. The molecular formula is C12H11ClN2O3. The van der Waals surface area contributed by atoms with Gasteiger partial charge in [-0.15, -0.1) is 0 Å². The van der Waals surface area contributed by atoms with Crippen LogP contribution in [-0.2, 0) is 11.3 Å². The fraction of sp³-hybridized carbons (Fsp3) is 0.167. The fourth-order valence-corrected chi connectivity index (χ4v) is 1.76. The summed E-state index contributed by atoms with van der Waals surface area (Å²) >= 11 is 6.02. The van der Waals surface area contributed by atoms with Crippen LogP contribution in [0.3, 0.4) is 0 Å². The largest absolute Gasteiger partial charge is 0.476 e. The molecule has 94 valence electrons. The van der Waals surface area contributed by atoms with E-state index in [-0.39, 0.29) is 5.69 Å². The summed E-state index contributed by atoms with van der Waals surface area (Å²) in [6, 6.07) is 6.85. The molecule has 0 atom stereocenters. The second-order valence-electron chi connectivity index (χ2n) is 3.71. The number of aromatic amines is 1. The lowest BCUT2D eigenvalue weighted by Crippen LogP contribution is -1.95. The Morgan fingerprint density at radius 1 is 1.50 bits per heavy atom. The van der Waals surface area contributed by atoms with Crippen molar-refractivity contribution in [1.29, 1.82) is 0 Å². The number of methoxy groups -OCH3 is 1. The SMILES string of the molecule is COCc1cc(-c2cc(C(=O)O)n[nH]2)ccc1Cl. The molecule has 2 N–H and O–H groups in total. The van der Waals surface area contributed by atoms with E-state index >= 15 is 0 Å². The van der Waals surface area contributed by atoms with E-state index < -0.39 is 5.97 Å². The Balaban J connectivity index is 2.37. The molecule has 2 rings (SSSR count). The van der Waals surface area contributed by atoms with Gasteiger partial charge in [-0.3, -0.25) is 5.10 Å². The van der Waals surface area contributed by atoms with Crippen molar-refractivity contribution in [3.63, 3.8) is 0 Å². The van der Waals surface area contributed by atoms with Crippen LogP contribution in [0.4, 0.5) is 0 Å². The number of ether oxygens (including phenoxy) is 1. The number of aromatic nitrogens is 2. The van der Waals surface area contributed by atoms with Crippen LogP contribution in [0.5, 0.6) is 0 Å². The normalized spacial score (nSPS) is 10.6. The Morgan fingerprint density at radius 2 is 2.28 bits per heavy atom. The standard InChI is InChI=1S/C12H11ClN2O3/c1-18-6-8-4-7(2-3-9(8)13)10-5-11(12(16)17)15-14-10/h2-5H,6H2,1H3,(H,14,15)(H,16,17). The average Bonchev–Trinajstić information content (AvgIpc) is 2.82. The van der Waals surface area contributed by atoms with Gasteiger partial charge in [0.15, 0.2) is 5.69 Å². The topological polar surface area (TPSA) is 75.2 Å². The summed E-state index contributed by atoms with van der Waals surface area (Å²) in [5.41, 5.74) is 2.25. The highest BCUT2D eigenvalue weighted by Crippen LogP contribution is 2.24. The van der Waals surface area contributed by atoms with Crippen LogP contribution in [0.1, 0.15) is 16.1 Å². The lowest BCUT2D eigenvalue weighted by Gasteiger charge is -2.05. The molecule has 1 heterocycles. The summed E-state index contributed by atoms with van der Waals surface area (Å²) in [5.74, 6) is -1.07. The molecule has 0 radical (unpaired) electrons. The Bertz CT molecular complexity index is 580. The Labute approximate surface area is 108 Å². The molecule has 6 heteroatoms. The zero-order valence-electron chi connectivity index (χ0n) is 9.61. The molecule has 18 heavy (non-hydrogen) atoms. The van der Waals surface area contributed by atoms with E-state index in [9.17, 15) is 4.79 Å². The maximum Gasteiger partial charge on any atom is 0.356 e. The highest BCUT2D eigenvalue weighted by molar-refractivity contribution is 6.31. The van der Waals surface area contributed by atoms with Gasteiger partial charge in [0.05, 0.1) is 12.3 Å². The zero-order chi connectivity index (χ0) is 13.1. The Morgan fingerprint density at radius 3 is 2.89 bits per heavy atom. The molecule has 0 unspecified atom stereocenters. The minimum Gasteiger partial charge on any atom is -0.476 e. The van der Waals surface area contributed by atoms with E-state index in [1.54, 1.807) is 19.2 Å². The van der Waals surface area contributed by atoms with Gasteiger partial charge in [0.2, 0.25) is 0 Å². The van der Waals surface area contributed by atoms with E-state index in [1.165, 1.54) is 6.07 Å². The molecule has 0 saturated carbocycles. The smallest absolute Gasteiger partial charge is 0.356 e. The first-order valence-corrected chi connectivity index (χ1v) is 5.56. The molecule has 0 spiro atoms. The molecule has 0 bridgehead atoms. The van der Waals surface area contributed by atoms with E-state index in [0.29, 0.717) is 17.3 Å². The summed E-state index contributed by atoms with van der Waals surface area (Å²) in [6.45, 7) is 0.395. The number of hydrogen-bond donors (Lipinski definition) is 2. The zero-order valence-corrected chi connectivity index (χ0v) is 10.4. The van der Waals surface area contributed by atoms with Crippen molar-refractivity contribution in [2.45, 2.75) is 6.61 Å². The summed E-state index contributed by atoms with van der Waals surface area (Å²) < 4.78 is 5.04. The van der Waals surface area contributed by atoms with Crippen molar-refractivity contribution >= 4 is 17.6 Å². The van der Waals surface area contributed by atoms with Crippen LogP contribution < -0.4 is 0 Å². The second-order valence-corrected chi connectivity index (χ2v) is 4.12. The first-order chi connectivity index (χ1) is 8.61. The van der Waals surface area contributed by atoms with Gasteiger partial charge in [-0.2, -0.15) is 5.10 Å². The molecule has 5 nitrogen and oxygen atoms in total. The average molecular weight is 267 g/mol. The minimum absolute atomic E-state index is 0.0201. The molecule has 0 amide bonds. The minimum atomic E-state index is -1.07. The van der Waals surface area contributed by atoms with Crippen LogP contribution >= 0.6 is 11.6 Å². The molecule has 0 aliphatic rings. The lowest BCUT2D eigenvalue weighted by molar-refractivity contribution is 0.0690. The number of halogens is 1. The number of carboxylic acids is 1. The first kappa shape index (κ1) is 12.6. The van der Waals surface area contributed by atoms with Crippen LogP contribution in [-0.4, -0.2) is 28.4 Å². The highest BCUT2D eigenvalue weighted by atomic mass is 35.5. The predicted octanol–water partition coefficient (Wildman–Crippen LogP) is 2.57. The predicted molar refractivity (Wildman–Crippen MR) is 66.7 cm³/mol. The third kappa shape index (κ3) is 2.52. The van der Waals surface area contributed by atoms with Crippen molar-refractivity contribution < 1.29 is 14.6 Å². The number of nitrogens with one attached hydrogen (secondary N) is 1. The number of aromatic carboxylic acids is 1. The fourth-order valence-electron chi connectivity index (χ4n) is 1.59. The second kappa shape index (κ2) is 5.20. The number of hydrogen-bond acceptors (Lipinski definition) is 3. The lowest BCUT2D eigenvalue weighted by atomic mass is 10.1. The summed E-state index contributed by atoms with van der Waals surface area (Å²) in [5, 5.41) is 15.8. The van der Waals surface area contributed by atoms with Gasteiger partial charge in [0.25, 0.3) is 0 Å². The number of carboxylic acid groups (broad SMARTS) is 1. The number of carbonyl (C=O) groups is 1. The van der Waals surface area contributed by atoms with Gasteiger partial charge in [-0.25, -0.2) is 4.79 Å². The summed E-state index contributed by atoms with van der Waals surface area (Å²) in [4.78, 5) is 10.7. The van der Waals surface area contributed by atoms with Gasteiger partial charge < -0.3 is 9.84 Å². The van der Waals surface area contributed by atoms with Crippen LogP contribution in [0.2, 0.25) is 5.02 Å². The number of rotatable bonds is 4. The summed E-state index contributed by atoms with van der Waals surface area (Å²) in [7, 11) is 1.59. The van der Waals surface area contributed by atoms with E-state index in [0.717, 1.165) is 11.1 Å². The van der Waals surface area contributed by atoms with Gasteiger partial charge in [-0.05, 0) is 23.8 Å².